The van der Waals surface area contributed by atoms with E-state index in [1.165, 1.54) is 23.5 Å². The molecule has 1 N–H and O–H groups in total. The van der Waals surface area contributed by atoms with Gasteiger partial charge in [0.25, 0.3) is 5.91 Å². The molecule has 0 atom stereocenters. The third-order valence-electron chi connectivity index (χ3n) is 5.64. The number of rotatable bonds is 7. The van der Waals surface area contributed by atoms with Crippen LogP contribution in [-0.2, 0) is 10.2 Å². The van der Waals surface area contributed by atoms with Gasteiger partial charge in [-0.25, -0.2) is 5.43 Å². The van der Waals surface area contributed by atoms with Gasteiger partial charge in [-0.1, -0.05) is 110 Å². The van der Waals surface area contributed by atoms with Crippen LogP contribution in [0.4, 0.5) is 0 Å². The van der Waals surface area contributed by atoms with Crippen molar-refractivity contribution in [3.63, 3.8) is 0 Å². The van der Waals surface area contributed by atoms with Crippen molar-refractivity contribution in [1.29, 1.82) is 0 Å². The lowest BCUT2D eigenvalue weighted by Gasteiger charge is -2.19. The summed E-state index contributed by atoms with van der Waals surface area (Å²) in [7, 11) is 0. The first kappa shape index (κ1) is 26.9. The van der Waals surface area contributed by atoms with Crippen LogP contribution in [0.5, 0.6) is 0 Å². The van der Waals surface area contributed by atoms with Gasteiger partial charge in [0, 0.05) is 16.8 Å². The van der Waals surface area contributed by atoms with Gasteiger partial charge in [-0.2, -0.15) is 5.10 Å². The first-order valence-corrected chi connectivity index (χ1v) is 13.4. The Morgan fingerprint density at radius 1 is 1.03 bits per heavy atom. The van der Waals surface area contributed by atoms with Crippen molar-refractivity contribution in [1.82, 2.24) is 20.2 Å². The average Bonchev–Trinajstić information content (AvgIpc) is 3.29. The Hall–Kier alpha value is -3.13. The van der Waals surface area contributed by atoms with Crippen molar-refractivity contribution in [2.24, 2.45) is 5.10 Å². The number of nitrogens with one attached hydrogen (secondary N) is 1. The van der Waals surface area contributed by atoms with E-state index in [2.05, 4.69) is 65.8 Å². The predicted molar refractivity (Wildman–Crippen MR) is 153 cm³/mol. The minimum atomic E-state index is -0.283. The number of hydrogen-bond donors (Lipinski definition) is 1. The molecule has 0 unspecified atom stereocenters. The summed E-state index contributed by atoms with van der Waals surface area (Å²) in [6.45, 7) is 8.60. The summed E-state index contributed by atoms with van der Waals surface area (Å²) in [6.07, 6.45) is 1.46. The Morgan fingerprint density at radius 2 is 1.73 bits per heavy atom. The molecular weight excluding hydrogens is 525 g/mol. The molecule has 3 aromatic carbocycles. The zero-order chi connectivity index (χ0) is 26.6. The summed E-state index contributed by atoms with van der Waals surface area (Å²) >= 11 is 13.5. The molecule has 0 fully saturated rings. The zero-order valence-corrected chi connectivity index (χ0v) is 23.3. The van der Waals surface area contributed by atoms with E-state index >= 15 is 0 Å². The van der Waals surface area contributed by atoms with Crippen LogP contribution in [0.3, 0.4) is 0 Å². The minimum Gasteiger partial charge on any atom is -0.272 e. The standard InChI is InChI=1S/C28H27Cl2N5OS/c1-18-8-14-22(15-9-18)35-26(19-10-12-21(13-11-19)28(2,3)4)33-34-27(35)37-17-24(36)32-31-16-20-6-5-7-23(29)25(20)30/h5-16H,17H2,1-4H3,(H,32,36)/b31-16-. The lowest BCUT2D eigenvalue weighted by Crippen LogP contribution is -2.20. The summed E-state index contributed by atoms with van der Waals surface area (Å²) < 4.78 is 1.97. The van der Waals surface area contributed by atoms with Gasteiger partial charge in [0.05, 0.1) is 22.0 Å². The second-order valence-corrected chi connectivity index (χ2v) is 11.3. The molecule has 4 aromatic rings. The van der Waals surface area contributed by atoms with Crippen LogP contribution in [0, 0.1) is 6.92 Å². The van der Waals surface area contributed by atoms with Gasteiger partial charge in [0.2, 0.25) is 0 Å². The molecule has 0 aliphatic heterocycles. The Balaban J connectivity index is 1.54. The highest BCUT2D eigenvalue weighted by molar-refractivity contribution is 7.99. The second-order valence-electron chi connectivity index (χ2n) is 9.53. The molecule has 190 valence electrons. The summed E-state index contributed by atoms with van der Waals surface area (Å²) in [4.78, 5) is 12.5. The number of hydrazone groups is 1. The van der Waals surface area contributed by atoms with Crippen molar-refractivity contribution < 1.29 is 4.79 Å². The van der Waals surface area contributed by atoms with Gasteiger partial charge >= 0.3 is 0 Å². The second kappa shape index (κ2) is 11.5. The van der Waals surface area contributed by atoms with Crippen molar-refractivity contribution in [2.75, 3.05) is 5.75 Å². The molecule has 0 spiro atoms. The quantitative estimate of drug-likeness (QED) is 0.151. The molecule has 4 rings (SSSR count). The van der Waals surface area contributed by atoms with E-state index in [1.807, 2.05) is 35.8 Å². The summed E-state index contributed by atoms with van der Waals surface area (Å²) in [6, 6.07) is 21.7. The monoisotopic (exact) mass is 551 g/mol. The van der Waals surface area contributed by atoms with Crippen LogP contribution in [0.15, 0.2) is 77.0 Å². The van der Waals surface area contributed by atoms with E-state index in [-0.39, 0.29) is 17.1 Å². The largest absolute Gasteiger partial charge is 0.272 e. The lowest BCUT2D eigenvalue weighted by atomic mass is 9.87. The van der Waals surface area contributed by atoms with Crippen LogP contribution < -0.4 is 5.43 Å². The molecule has 0 saturated carbocycles. The van der Waals surface area contributed by atoms with Crippen molar-refractivity contribution in [3.05, 3.63) is 93.5 Å². The molecule has 0 bridgehead atoms. The van der Waals surface area contributed by atoms with Gasteiger partial charge in [-0.3, -0.25) is 9.36 Å². The van der Waals surface area contributed by atoms with E-state index in [4.69, 9.17) is 23.2 Å². The minimum absolute atomic E-state index is 0.0537. The van der Waals surface area contributed by atoms with Crippen LogP contribution in [0.2, 0.25) is 10.0 Å². The van der Waals surface area contributed by atoms with Crippen molar-refractivity contribution in [2.45, 2.75) is 38.3 Å². The first-order valence-electron chi connectivity index (χ1n) is 11.7. The molecule has 0 saturated heterocycles. The van der Waals surface area contributed by atoms with E-state index in [0.29, 0.717) is 26.6 Å². The fourth-order valence-corrected chi connectivity index (χ4v) is 4.65. The SMILES string of the molecule is Cc1ccc(-n2c(SCC(=O)N/N=C\c3cccc(Cl)c3Cl)nnc2-c2ccc(C(C)(C)C)cc2)cc1. The molecule has 37 heavy (non-hydrogen) atoms. The molecule has 0 aliphatic rings. The van der Waals surface area contributed by atoms with Crippen LogP contribution >= 0.6 is 35.0 Å². The van der Waals surface area contributed by atoms with Gasteiger partial charge < -0.3 is 0 Å². The van der Waals surface area contributed by atoms with Gasteiger partial charge in [0.15, 0.2) is 11.0 Å². The van der Waals surface area contributed by atoms with E-state index in [9.17, 15) is 4.79 Å². The number of hydrogen-bond acceptors (Lipinski definition) is 5. The van der Waals surface area contributed by atoms with Gasteiger partial charge in [-0.05, 0) is 36.1 Å². The Morgan fingerprint density at radius 3 is 2.41 bits per heavy atom. The van der Waals surface area contributed by atoms with Crippen LogP contribution in [0.25, 0.3) is 17.1 Å². The van der Waals surface area contributed by atoms with Crippen molar-refractivity contribution >= 4 is 47.1 Å². The summed E-state index contributed by atoms with van der Waals surface area (Å²) in [5.41, 5.74) is 7.45. The number of aromatic nitrogens is 3. The maximum Gasteiger partial charge on any atom is 0.250 e. The molecular formula is C28H27Cl2N5OS. The molecule has 1 heterocycles. The number of thioether (sulfide) groups is 1. The fraction of sp³-hybridized carbons (Fsp3) is 0.214. The Labute approximate surface area is 231 Å². The number of nitrogens with zero attached hydrogens (tertiary/aromatic N) is 4. The predicted octanol–water partition coefficient (Wildman–Crippen LogP) is 7.09. The lowest BCUT2D eigenvalue weighted by molar-refractivity contribution is -0.118. The van der Waals surface area contributed by atoms with Crippen LogP contribution in [-0.4, -0.2) is 32.6 Å². The molecule has 0 aliphatic carbocycles. The summed E-state index contributed by atoms with van der Waals surface area (Å²) in [5.74, 6) is 0.530. The van der Waals surface area contributed by atoms with Crippen LogP contribution in [0.1, 0.15) is 37.5 Å². The number of amides is 1. The molecule has 6 nitrogen and oxygen atoms in total. The molecule has 9 heteroatoms. The smallest absolute Gasteiger partial charge is 0.250 e. The highest BCUT2D eigenvalue weighted by Gasteiger charge is 2.19. The van der Waals surface area contributed by atoms with Gasteiger partial charge in [0.1, 0.15) is 0 Å². The molecule has 1 aromatic heterocycles. The third-order valence-corrected chi connectivity index (χ3v) is 7.40. The molecule has 1 amide bonds. The first-order chi connectivity index (χ1) is 17.6. The average molecular weight is 553 g/mol. The fourth-order valence-electron chi connectivity index (χ4n) is 3.55. The number of halogens is 2. The number of carbonyl (C=O) groups excluding carboxylic acids is 1. The normalized spacial score (nSPS) is 11.7. The third kappa shape index (κ3) is 6.60. The maximum absolute atomic E-state index is 12.5. The van der Waals surface area contributed by atoms with Gasteiger partial charge in [-0.15, -0.1) is 10.2 Å². The zero-order valence-electron chi connectivity index (χ0n) is 21.0. The number of carbonyl (C=O) groups is 1. The molecule has 0 radical (unpaired) electrons. The maximum atomic E-state index is 12.5. The van der Waals surface area contributed by atoms with E-state index in [0.717, 1.165) is 16.8 Å². The topological polar surface area (TPSA) is 72.2 Å². The highest BCUT2D eigenvalue weighted by Crippen LogP contribution is 2.30. The number of benzene rings is 3. The summed E-state index contributed by atoms with van der Waals surface area (Å²) in [5, 5.41) is 14.3. The Kier molecular flexibility index (Phi) is 8.37. The number of aryl methyl sites for hydroxylation is 1. The van der Waals surface area contributed by atoms with Crippen molar-refractivity contribution in [3.8, 4) is 17.1 Å². The Bertz CT molecular complexity index is 1420. The van der Waals surface area contributed by atoms with E-state index in [1.54, 1.807) is 18.2 Å². The highest BCUT2D eigenvalue weighted by atomic mass is 35.5. The van der Waals surface area contributed by atoms with E-state index < -0.39 is 0 Å².